The van der Waals surface area contributed by atoms with Gasteiger partial charge in [0.25, 0.3) is 0 Å². The lowest BCUT2D eigenvalue weighted by Crippen LogP contribution is -2.46. The zero-order valence-corrected chi connectivity index (χ0v) is 12.3. The first-order chi connectivity index (χ1) is 9.78. The summed E-state index contributed by atoms with van der Waals surface area (Å²) in [5.41, 5.74) is 0.286. The van der Waals surface area contributed by atoms with Crippen LogP contribution in [0.5, 0.6) is 0 Å². The zero-order chi connectivity index (χ0) is 15.6. The smallest absolute Gasteiger partial charge is 0.229 e. The zero-order valence-electron chi connectivity index (χ0n) is 12.3. The Balaban J connectivity index is 1.95. The van der Waals surface area contributed by atoms with Crippen LogP contribution in [0.1, 0.15) is 44.8 Å². The maximum atomic E-state index is 12.8. The number of aliphatic hydroxyl groups is 1. The molecule has 1 saturated heterocycles. The highest BCUT2D eigenvalue weighted by atomic mass is 19.1. The molecule has 0 saturated carbocycles. The standard InChI is InChI=1S/C16H20FNO3/c1-16(2)9-14(20)18(15(21)10-16)8-7-13(19)11-3-5-12(17)6-4-11/h3-6,13,19H,7-10H2,1-2H3. The van der Waals surface area contributed by atoms with E-state index in [1.54, 1.807) is 0 Å². The Morgan fingerprint density at radius 2 is 1.71 bits per heavy atom. The molecule has 1 aliphatic heterocycles. The molecule has 114 valence electrons. The van der Waals surface area contributed by atoms with Crippen molar-refractivity contribution >= 4 is 11.8 Å². The van der Waals surface area contributed by atoms with Crippen molar-refractivity contribution < 1.29 is 19.1 Å². The van der Waals surface area contributed by atoms with Crippen molar-refractivity contribution in [3.63, 3.8) is 0 Å². The molecule has 1 aromatic rings. The van der Waals surface area contributed by atoms with Gasteiger partial charge < -0.3 is 5.11 Å². The number of piperidine rings is 1. The normalized spacial score (nSPS) is 19.7. The molecule has 4 nitrogen and oxygen atoms in total. The molecule has 0 aliphatic carbocycles. The molecule has 2 rings (SSSR count). The molecule has 0 radical (unpaired) electrons. The fourth-order valence-electron chi connectivity index (χ4n) is 2.56. The molecule has 21 heavy (non-hydrogen) atoms. The van der Waals surface area contributed by atoms with Gasteiger partial charge >= 0.3 is 0 Å². The molecular formula is C16H20FNO3. The van der Waals surface area contributed by atoms with Crippen LogP contribution in [-0.4, -0.2) is 28.4 Å². The summed E-state index contributed by atoms with van der Waals surface area (Å²) in [7, 11) is 0. The highest BCUT2D eigenvalue weighted by Gasteiger charge is 2.37. The molecule has 1 N–H and O–H groups in total. The first-order valence-corrected chi connectivity index (χ1v) is 7.05. The Hall–Kier alpha value is -1.75. The van der Waals surface area contributed by atoms with E-state index in [0.29, 0.717) is 18.4 Å². The van der Waals surface area contributed by atoms with Gasteiger partial charge in [0.2, 0.25) is 11.8 Å². The first kappa shape index (κ1) is 15.6. The van der Waals surface area contributed by atoms with Gasteiger partial charge in [0.1, 0.15) is 5.82 Å². The Kier molecular flexibility index (Phi) is 4.42. The summed E-state index contributed by atoms with van der Waals surface area (Å²) in [5, 5.41) is 10.0. The van der Waals surface area contributed by atoms with Gasteiger partial charge in [0.15, 0.2) is 0 Å². The number of nitrogens with zero attached hydrogens (tertiary/aromatic N) is 1. The van der Waals surface area contributed by atoms with E-state index in [4.69, 9.17) is 0 Å². The van der Waals surface area contributed by atoms with Gasteiger partial charge in [0.05, 0.1) is 6.10 Å². The highest BCUT2D eigenvalue weighted by Crippen LogP contribution is 2.32. The topological polar surface area (TPSA) is 57.6 Å². The average Bonchev–Trinajstić information content (AvgIpc) is 2.36. The van der Waals surface area contributed by atoms with Gasteiger partial charge in [-0.15, -0.1) is 0 Å². The maximum absolute atomic E-state index is 12.8. The number of carbonyl (C=O) groups excluding carboxylic acids is 2. The molecule has 0 bridgehead atoms. The van der Waals surface area contributed by atoms with Gasteiger partial charge in [-0.3, -0.25) is 14.5 Å². The van der Waals surface area contributed by atoms with Crippen LogP contribution in [0, 0.1) is 11.2 Å². The van der Waals surface area contributed by atoms with Crippen molar-refractivity contribution in [3.05, 3.63) is 35.6 Å². The lowest BCUT2D eigenvalue weighted by molar-refractivity contribution is -0.152. The largest absolute Gasteiger partial charge is 0.388 e. The first-order valence-electron chi connectivity index (χ1n) is 7.05. The lowest BCUT2D eigenvalue weighted by Gasteiger charge is -2.35. The van der Waals surface area contributed by atoms with Crippen LogP contribution in [0.2, 0.25) is 0 Å². The third-order valence-corrected chi connectivity index (χ3v) is 3.74. The van der Waals surface area contributed by atoms with Crippen LogP contribution >= 0.6 is 0 Å². The average molecular weight is 293 g/mol. The maximum Gasteiger partial charge on any atom is 0.229 e. The number of halogens is 1. The van der Waals surface area contributed by atoms with Crippen molar-refractivity contribution in [1.82, 2.24) is 4.90 Å². The summed E-state index contributed by atoms with van der Waals surface area (Å²) in [4.78, 5) is 25.2. The van der Waals surface area contributed by atoms with Crippen LogP contribution < -0.4 is 0 Å². The molecule has 1 unspecified atom stereocenters. The number of amides is 2. The van der Waals surface area contributed by atoms with Gasteiger partial charge in [0, 0.05) is 19.4 Å². The van der Waals surface area contributed by atoms with Crippen molar-refractivity contribution in [1.29, 1.82) is 0 Å². The van der Waals surface area contributed by atoms with Crippen molar-refractivity contribution in [2.75, 3.05) is 6.54 Å². The molecule has 1 aliphatic rings. The summed E-state index contributed by atoms with van der Waals surface area (Å²) in [6.45, 7) is 3.98. The van der Waals surface area contributed by atoms with Crippen LogP contribution in [0.3, 0.4) is 0 Å². The molecule has 0 spiro atoms. The van der Waals surface area contributed by atoms with E-state index in [-0.39, 0.29) is 36.0 Å². The van der Waals surface area contributed by atoms with Crippen LogP contribution in [0.4, 0.5) is 4.39 Å². The molecule has 1 heterocycles. The predicted molar refractivity (Wildman–Crippen MR) is 75.7 cm³/mol. The van der Waals surface area contributed by atoms with E-state index in [2.05, 4.69) is 0 Å². The molecule has 2 amide bonds. The molecule has 1 atom stereocenters. The van der Waals surface area contributed by atoms with Crippen molar-refractivity contribution in [2.45, 2.75) is 39.2 Å². The number of rotatable bonds is 4. The summed E-state index contributed by atoms with van der Waals surface area (Å²) in [5.74, 6) is -0.750. The second-order valence-electron chi connectivity index (χ2n) is 6.31. The van der Waals surface area contributed by atoms with Crippen LogP contribution in [-0.2, 0) is 9.59 Å². The number of benzene rings is 1. The van der Waals surface area contributed by atoms with E-state index in [0.717, 1.165) is 0 Å². The summed E-state index contributed by atoms with van der Waals surface area (Å²) < 4.78 is 12.8. The highest BCUT2D eigenvalue weighted by molar-refractivity contribution is 5.98. The number of imide groups is 1. The number of hydrogen-bond acceptors (Lipinski definition) is 3. The Labute approximate surface area is 123 Å². The molecule has 5 heteroatoms. The fourth-order valence-corrected chi connectivity index (χ4v) is 2.56. The SMILES string of the molecule is CC1(C)CC(=O)N(CCC(O)c2ccc(F)cc2)C(=O)C1. The van der Waals surface area contributed by atoms with E-state index in [1.807, 2.05) is 13.8 Å². The minimum Gasteiger partial charge on any atom is -0.388 e. The van der Waals surface area contributed by atoms with Crippen LogP contribution in [0.25, 0.3) is 0 Å². The molecular weight excluding hydrogens is 273 g/mol. The quantitative estimate of drug-likeness (QED) is 0.867. The number of likely N-dealkylation sites (tertiary alicyclic amines) is 1. The summed E-state index contributed by atoms with van der Waals surface area (Å²) in [6, 6.07) is 5.56. The third kappa shape index (κ3) is 3.88. The van der Waals surface area contributed by atoms with Gasteiger partial charge in [-0.25, -0.2) is 4.39 Å². The number of hydrogen-bond donors (Lipinski definition) is 1. The fraction of sp³-hybridized carbons (Fsp3) is 0.500. The summed E-state index contributed by atoms with van der Waals surface area (Å²) in [6.07, 6.45) is 0.112. The van der Waals surface area contributed by atoms with Gasteiger partial charge in [-0.1, -0.05) is 26.0 Å². The van der Waals surface area contributed by atoms with Crippen molar-refractivity contribution in [2.24, 2.45) is 5.41 Å². The molecule has 1 fully saturated rings. The van der Waals surface area contributed by atoms with E-state index < -0.39 is 6.10 Å². The lowest BCUT2D eigenvalue weighted by atomic mass is 9.81. The minimum atomic E-state index is -0.818. The monoisotopic (exact) mass is 293 g/mol. The molecule has 0 aromatic heterocycles. The van der Waals surface area contributed by atoms with Crippen molar-refractivity contribution in [3.8, 4) is 0 Å². The predicted octanol–water partition coefficient (Wildman–Crippen LogP) is 2.42. The second-order valence-corrected chi connectivity index (χ2v) is 6.31. The van der Waals surface area contributed by atoms with E-state index >= 15 is 0 Å². The van der Waals surface area contributed by atoms with E-state index in [9.17, 15) is 19.1 Å². The Bertz CT molecular complexity index is 519. The van der Waals surface area contributed by atoms with Crippen LogP contribution in [0.15, 0.2) is 24.3 Å². The third-order valence-electron chi connectivity index (χ3n) is 3.74. The number of aliphatic hydroxyl groups excluding tert-OH is 1. The Morgan fingerprint density at radius 1 is 1.19 bits per heavy atom. The van der Waals surface area contributed by atoms with Gasteiger partial charge in [-0.2, -0.15) is 0 Å². The summed E-state index contributed by atoms with van der Waals surface area (Å²) >= 11 is 0. The molecule has 1 aromatic carbocycles. The van der Waals surface area contributed by atoms with Gasteiger partial charge in [-0.05, 0) is 29.5 Å². The number of carbonyl (C=O) groups is 2. The minimum absolute atomic E-state index is 0.187. The second kappa shape index (κ2) is 5.93. The Morgan fingerprint density at radius 3 is 2.24 bits per heavy atom. The van der Waals surface area contributed by atoms with E-state index in [1.165, 1.54) is 29.2 Å².